The molecule has 1 amide bonds. The molecule has 0 spiro atoms. The van der Waals surface area contributed by atoms with Crippen LogP contribution in [0.15, 0.2) is 42.5 Å². The maximum atomic E-state index is 15.2. The van der Waals surface area contributed by atoms with E-state index in [9.17, 15) is 13.6 Å². The van der Waals surface area contributed by atoms with Crippen molar-refractivity contribution >= 4 is 24.1 Å². The number of aromatic nitrogens is 2. The summed E-state index contributed by atoms with van der Waals surface area (Å²) in [6, 6.07) is 9.29. The van der Waals surface area contributed by atoms with Gasteiger partial charge in [0.1, 0.15) is 17.7 Å². The Bertz CT molecular complexity index is 1320. The summed E-state index contributed by atoms with van der Waals surface area (Å²) in [5.41, 5.74) is 1.27. The molecule has 0 saturated carbocycles. The number of ether oxygens (including phenoxy) is 2. The zero-order valence-electron chi connectivity index (χ0n) is 21.5. The lowest BCUT2D eigenvalue weighted by molar-refractivity contribution is 0.0659. The fourth-order valence-corrected chi connectivity index (χ4v) is 5.07. The zero-order valence-corrected chi connectivity index (χ0v) is 22.4. The second kappa shape index (κ2) is 12.2. The lowest BCUT2D eigenvalue weighted by Gasteiger charge is -2.32. The molecular weight excluding hydrogens is 535 g/mol. The second-order valence-corrected chi connectivity index (χ2v) is 9.52. The molecule has 2 aliphatic rings. The number of piperidine rings is 1. The third-order valence-corrected chi connectivity index (χ3v) is 7.09. The Morgan fingerprint density at radius 1 is 1.13 bits per heavy atom. The molecule has 3 aromatic rings. The number of nitrogens with one attached hydrogen (secondary N) is 3. The molecule has 0 radical (unpaired) electrons. The summed E-state index contributed by atoms with van der Waals surface area (Å²) in [6.07, 6.45) is -0.790. The van der Waals surface area contributed by atoms with Crippen LogP contribution in [0.1, 0.15) is 47.3 Å². The van der Waals surface area contributed by atoms with Crippen LogP contribution in [0, 0.1) is 5.82 Å². The zero-order chi connectivity index (χ0) is 26.8. The normalized spacial score (nSPS) is 20.4. The molecule has 2 aromatic carbocycles. The number of anilines is 1. The highest BCUT2D eigenvalue weighted by Crippen LogP contribution is 2.41. The molecule has 12 heteroatoms. The molecule has 3 N–H and O–H groups in total. The van der Waals surface area contributed by atoms with E-state index < -0.39 is 24.3 Å². The molecule has 210 valence electrons. The fraction of sp³-hybridized carbons (Fsp3) is 0.407. The van der Waals surface area contributed by atoms with Gasteiger partial charge in [-0.25, -0.2) is 17.9 Å². The van der Waals surface area contributed by atoms with Crippen molar-refractivity contribution in [2.24, 2.45) is 0 Å². The van der Waals surface area contributed by atoms with Crippen LogP contribution in [0.5, 0.6) is 11.5 Å². The highest BCUT2D eigenvalue weighted by molar-refractivity contribution is 5.95. The lowest BCUT2D eigenvalue weighted by atomic mass is 9.97. The number of methoxy groups -OCH3 is 2. The third-order valence-electron chi connectivity index (χ3n) is 7.09. The van der Waals surface area contributed by atoms with Gasteiger partial charge >= 0.3 is 0 Å². The van der Waals surface area contributed by atoms with Crippen LogP contribution in [-0.4, -0.2) is 55.5 Å². The summed E-state index contributed by atoms with van der Waals surface area (Å²) < 4.78 is 55.3. The Morgan fingerprint density at radius 2 is 1.92 bits per heavy atom. The minimum atomic E-state index is -2.68. The molecule has 1 saturated heterocycles. The Labute approximate surface area is 230 Å². The van der Waals surface area contributed by atoms with Gasteiger partial charge in [-0.2, -0.15) is 5.10 Å². The van der Waals surface area contributed by atoms with Crippen LogP contribution in [0.4, 0.5) is 19.0 Å². The van der Waals surface area contributed by atoms with Crippen molar-refractivity contribution < 1.29 is 27.4 Å². The SMILES string of the molecule is COc1ccc(C2CC(C(F)F)n3nc(-c4ccc(C(=O)N[C@H]5CCCNC5)cc4F)cc3N2)cc1OC.Cl. The molecule has 39 heavy (non-hydrogen) atoms. The predicted molar refractivity (Wildman–Crippen MR) is 144 cm³/mol. The molecule has 0 aliphatic carbocycles. The first kappa shape index (κ1) is 28.6. The number of carbonyl (C=O) groups excluding carboxylic acids is 1. The quantitative estimate of drug-likeness (QED) is 0.375. The number of amides is 1. The maximum absolute atomic E-state index is 15.2. The van der Waals surface area contributed by atoms with Crippen molar-refractivity contribution in [1.29, 1.82) is 0 Å². The number of fused-ring (bicyclic) bond motifs is 1. The smallest absolute Gasteiger partial charge is 0.260 e. The average molecular weight is 566 g/mol. The molecule has 0 bridgehead atoms. The largest absolute Gasteiger partial charge is 0.493 e. The number of hydrogen-bond donors (Lipinski definition) is 3. The summed E-state index contributed by atoms with van der Waals surface area (Å²) >= 11 is 0. The Kier molecular flexibility index (Phi) is 8.91. The van der Waals surface area contributed by atoms with E-state index in [-0.39, 0.29) is 47.6 Å². The van der Waals surface area contributed by atoms with Crippen LogP contribution in [0.25, 0.3) is 11.3 Å². The third kappa shape index (κ3) is 5.94. The van der Waals surface area contributed by atoms with E-state index >= 15 is 4.39 Å². The van der Waals surface area contributed by atoms with Crippen LogP contribution in [0.3, 0.4) is 0 Å². The minimum absolute atomic E-state index is 0. The molecule has 8 nitrogen and oxygen atoms in total. The highest BCUT2D eigenvalue weighted by atomic mass is 35.5. The van der Waals surface area contributed by atoms with Gasteiger partial charge < -0.3 is 25.4 Å². The summed E-state index contributed by atoms with van der Waals surface area (Å²) in [5.74, 6) is 0.367. The van der Waals surface area contributed by atoms with E-state index in [1.807, 2.05) is 0 Å². The highest BCUT2D eigenvalue weighted by Gasteiger charge is 2.35. The molecular formula is C27H31ClF3N5O3. The van der Waals surface area contributed by atoms with Crippen molar-refractivity contribution in [2.75, 3.05) is 32.6 Å². The first-order chi connectivity index (χ1) is 18.4. The van der Waals surface area contributed by atoms with Gasteiger partial charge in [0.2, 0.25) is 0 Å². The van der Waals surface area contributed by atoms with Gasteiger partial charge in [-0.1, -0.05) is 6.07 Å². The summed E-state index contributed by atoms with van der Waals surface area (Å²) in [5, 5.41) is 13.7. The van der Waals surface area contributed by atoms with E-state index in [2.05, 4.69) is 21.0 Å². The van der Waals surface area contributed by atoms with Gasteiger partial charge in [0.15, 0.2) is 11.5 Å². The first-order valence-corrected chi connectivity index (χ1v) is 12.6. The van der Waals surface area contributed by atoms with Gasteiger partial charge in [0.05, 0.1) is 26.0 Å². The molecule has 5 rings (SSSR count). The van der Waals surface area contributed by atoms with E-state index in [0.29, 0.717) is 23.9 Å². The van der Waals surface area contributed by atoms with E-state index in [1.165, 1.54) is 31.0 Å². The Balaban J connectivity index is 0.00000353. The molecule has 2 aliphatic heterocycles. The maximum Gasteiger partial charge on any atom is 0.260 e. The minimum Gasteiger partial charge on any atom is -0.493 e. The second-order valence-electron chi connectivity index (χ2n) is 9.52. The van der Waals surface area contributed by atoms with Crippen molar-refractivity contribution in [2.45, 2.75) is 43.8 Å². The predicted octanol–water partition coefficient (Wildman–Crippen LogP) is 4.97. The average Bonchev–Trinajstić information content (AvgIpc) is 3.36. The number of alkyl halides is 2. The van der Waals surface area contributed by atoms with Crippen LogP contribution >= 0.6 is 12.4 Å². The first-order valence-electron chi connectivity index (χ1n) is 12.6. The van der Waals surface area contributed by atoms with Gasteiger partial charge in [-0.05, 0) is 61.7 Å². The Morgan fingerprint density at radius 3 is 2.59 bits per heavy atom. The van der Waals surface area contributed by atoms with Crippen molar-refractivity contribution in [1.82, 2.24) is 20.4 Å². The van der Waals surface area contributed by atoms with Crippen LogP contribution in [0.2, 0.25) is 0 Å². The van der Waals surface area contributed by atoms with E-state index in [0.717, 1.165) is 31.0 Å². The number of carbonyl (C=O) groups is 1. The molecule has 3 atom stereocenters. The molecule has 1 aromatic heterocycles. The van der Waals surface area contributed by atoms with Crippen LogP contribution in [-0.2, 0) is 0 Å². The fourth-order valence-electron chi connectivity index (χ4n) is 5.07. The van der Waals surface area contributed by atoms with Gasteiger partial charge in [0, 0.05) is 29.8 Å². The Hall–Kier alpha value is -3.44. The van der Waals surface area contributed by atoms with E-state index in [4.69, 9.17) is 9.47 Å². The molecule has 2 unspecified atom stereocenters. The monoisotopic (exact) mass is 565 g/mol. The van der Waals surface area contributed by atoms with Gasteiger partial charge in [-0.3, -0.25) is 4.79 Å². The van der Waals surface area contributed by atoms with Crippen molar-refractivity contribution in [3.05, 3.63) is 59.4 Å². The molecule has 1 fully saturated rings. The van der Waals surface area contributed by atoms with Crippen molar-refractivity contribution in [3.8, 4) is 22.8 Å². The number of halogens is 4. The number of hydrogen-bond acceptors (Lipinski definition) is 6. The molecule has 3 heterocycles. The number of benzene rings is 2. The van der Waals surface area contributed by atoms with Crippen LogP contribution < -0.4 is 25.4 Å². The summed E-state index contributed by atoms with van der Waals surface area (Å²) in [7, 11) is 3.03. The number of nitrogens with zero attached hydrogens (tertiary/aromatic N) is 2. The van der Waals surface area contributed by atoms with E-state index in [1.54, 1.807) is 24.3 Å². The summed E-state index contributed by atoms with van der Waals surface area (Å²) in [4.78, 5) is 12.6. The number of rotatable bonds is 7. The standard InChI is InChI=1S/C27H30F3N5O3.ClH/c1-37-23-8-6-15(11-24(23)38-2)20-12-22(26(29)30)35-25(33-20)13-21(34-35)18-7-5-16(10-19(18)28)27(36)32-17-4-3-9-31-14-17;/h5-8,10-11,13,17,20,22,26,31,33H,3-4,9,12,14H2,1-2H3,(H,32,36);1H/t17-,20?,22?;/m0./s1. The lowest BCUT2D eigenvalue weighted by Crippen LogP contribution is -2.45. The summed E-state index contributed by atoms with van der Waals surface area (Å²) in [6.45, 7) is 1.59. The van der Waals surface area contributed by atoms with Gasteiger partial charge in [0.25, 0.3) is 12.3 Å². The van der Waals surface area contributed by atoms with Crippen molar-refractivity contribution in [3.63, 3.8) is 0 Å². The van der Waals surface area contributed by atoms with Gasteiger partial charge in [-0.15, -0.1) is 12.4 Å². The topological polar surface area (TPSA) is 89.4 Å².